The van der Waals surface area contributed by atoms with Crippen molar-refractivity contribution < 1.29 is 14.7 Å². The van der Waals surface area contributed by atoms with Gasteiger partial charge >= 0.3 is 5.97 Å². The molecule has 1 N–H and O–H groups in total. The van der Waals surface area contributed by atoms with Gasteiger partial charge in [-0.3, -0.25) is 9.59 Å². The number of Topliss-reactive ketones (excluding diaryl/α,β-unsaturated/α-hetero) is 1. The molecule has 3 aliphatic rings. The van der Waals surface area contributed by atoms with Gasteiger partial charge in [-0.25, -0.2) is 0 Å². The minimum atomic E-state index is -0.760. The number of rotatable bonds is 2. The van der Waals surface area contributed by atoms with Crippen LogP contribution in [0.15, 0.2) is 24.3 Å². The first-order valence-corrected chi connectivity index (χ1v) is 8.79. The van der Waals surface area contributed by atoms with Gasteiger partial charge in [-0.15, -0.1) is 6.58 Å². The molecule has 0 spiro atoms. The van der Waals surface area contributed by atoms with Crippen molar-refractivity contribution in [3.63, 3.8) is 0 Å². The van der Waals surface area contributed by atoms with Gasteiger partial charge in [-0.1, -0.05) is 39.3 Å². The van der Waals surface area contributed by atoms with Crippen LogP contribution in [0, 0.1) is 28.1 Å². The fourth-order valence-electron chi connectivity index (χ4n) is 5.58. The van der Waals surface area contributed by atoms with Crippen LogP contribution in [0.5, 0.6) is 0 Å². The number of hydrogen-bond donors (Lipinski definition) is 1. The number of carboxylic acids is 1. The quantitative estimate of drug-likeness (QED) is 0.769. The monoisotopic (exact) mass is 316 g/mol. The Kier molecular flexibility index (Phi) is 3.62. The molecule has 0 radical (unpaired) electrons. The fraction of sp³-hybridized carbons (Fsp3) is 0.700. The van der Waals surface area contributed by atoms with Crippen LogP contribution in [-0.4, -0.2) is 16.9 Å². The summed E-state index contributed by atoms with van der Waals surface area (Å²) in [5, 5.41) is 10.2. The van der Waals surface area contributed by atoms with Gasteiger partial charge in [-0.05, 0) is 42.6 Å². The largest absolute Gasteiger partial charge is 0.481 e. The van der Waals surface area contributed by atoms with E-state index in [4.69, 9.17) is 0 Å². The van der Waals surface area contributed by atoms with Gasteiger partial charge in [0, 0.05) is 17.8 Å². The minimum absolute atomic E-state index is 0.0519. The molecular formula is C20H28O3. The van der Waals surface area contributed by atoms with Crippen LogP contribution in [0.25, 0.3) is 0 Å². The normalized spacial score (nSPS) is 42.2. The summed E-state index contributed by atoms with van der Waals surface area (Å²) in [5.41, 5.74) is -0.255. The Hall–Kier alpha value is -1.38. The summed E-state index contributed by atoms with van der Waals surface area (Å²) in [7, 11) is 0. The van der Waals surface area contributed by atoms with Crippen LogP contribution in [0.3, 0.4) is 0 Å². The number of ketones is 1. The number of carboxylic acid groups (broad SMARTS) is 1. The van der Waals surface area contributed by atoms with E-state index in [0.29, 0.717) is 12.8 Å². The minimum Gasteiger partial charge on any atom is -0.481 e. The first-order valence-electron chi connectivity index (χ1n) is 8.79. The molecule has 3 nitrogen and oxygen atoms in total. The first-order chi connectivity index (χ1) is 10.7. The van der Waals surface area contributed by atoms with Gasteiger partial charge in [-0.2, -0.15) is 0 Å². The predicted octanol–water partition coefficient (Wildman–Crippen LogP) is 4.39. The third-order valence-electron chi connectivity index (χ3n) is 7.01. The standard InChI is InChI=1S/C20H28O3/c1-5-19(4)10-7-14-13(12-19)15(21)11-16-18(2,3)8-6-9-20(14,16)17(22)23/h5,12,14,16H,1,6-11H2,2-4H3,(H,22,23)/t14-,16+,19-,20+/m0/s1. The summed E-state index contributed by atoms with van der Waals surface area (Å²) in [4.78, 5) is 25.3. The van der Waals surface area contributed by atoms with Crippen molar-refractivity contribution in [2.75, 3.05) is 0 Å². The Morgan fingerprint density at radius 3 is 2.61 bits per heavy atom. The molecule has 23 heavy (non-hydrogen) atoms. The van der Waals surface area contributed by atoms with Crippen LogP contribution in [0.4, 0.5) is 0 Å². The molecule has 0 aromatic carbocycles. The molecule has 0 aliphatic heterocycles. The van der Waals surface area contributed by atoms with E-state index in [2.05, 4.69) is 27.4 Å². The van der Waals surface area contributed by atoms with E-state index >= 15 is 0 Å². The number of fused-ring (bicyclic) bond motifs is 3. The van der Waals surface area contributed by atoms with Crippen molar-refractivity contribution in [1.82, 2.24) is 0 Å². The molecule has 126 valence electrons. The second-order valence-corrected chi connectivity index (χ2v) is 8.77. The van der Waals surface area contributed by atoms with Crippen LogP contribution in [0.1, 0.15) is 59.3 Å². The van der Waals surface area contributed by atoms with Gasteiger partial charge in [0.1, 0.15) is 0 Å². The lowest BCUT2D eigenvalue weighted by Gasteiger charge is -2.57. The molecule has 2 fully saturated rings. The predicted molar refractivity (Wildman–Crippen MR) is 89.9 cm³/mol. The maximum absolute atomic E-state index is 12.8. The molecule has 3 rings (SSSR count). The average molecular weight is 316 g/mol. The van der Waals surface area contributed by atoms with E-state index < -0.39 is 11.4 Å². The van der Waals surface area contributed by atoms with E-state index in [1.807, 2.05) is 12.2 Å². The summed E-state index contributed by atoms with van der Waals surface area (Å²) in [5.74, 6) is -0.705. The molecule has 0 amide bonds. The van der Waals surface area contributed by atoms with Crippen molar-refractivity contribution in [3.8, 4) is 0 Å². The van der Waals surface area contributed by atoms with E-state index in [-0.39, 0.29) is 28.4 Å². The van der Waals surface area contributed by atoms with Crippen molar-refractivity contribution in [3.05, 3.63) is 24.3 Å². The molecule has 0 aromatic rings. The van der Waals surface area contributed by atoms with E-state index in [1.165, 1.54) is 0 Å². The first kappa shape index (κ1) is 16.5. The topological polar surface area (TPSA) is 54.4 Å². The Bertz CT molecular complexity index is 600. The Morgan fingerprint density at radius 1 is 1.30 bits per heavy atom. The number of carbonyl (C=O) groups is 2. The van der Waals surface area contributed by atoms with Crippen molar-refractivity contribution >= 4 is 11.8 Å². The smallest absolute Gasteiger partial charge is 0.310 e. The molecule has 0 unspecified atom stereocenters. The Morgan fingerprint density at radius 2 is 2.00 bits per heavy atom. The van der Waals surface area contributed by atoms with Gasteiger partial charge in [0.15, 0.2) is 5.78 Å². The van der Waals surface area contributed by atoms with Crippen LogP contribution in [0.2, 0.25) is 0 Å². The molecule has 4 atom stereocenters. The van der Waals surface area contributed by atoms with Crippen molar-refractivity contribution in [2.45, 2.75) is 59.3 Å². The van der Waals surface area contributed by atoms with Gasteiger partial charge < -0.3 is 5.11 Å². The summed E-state index contributed by atoms with van der Waals surface area (Å²) >= 11 is 0. The van der Waals surface area contributed by atoms with Crippen LogP contribution >= 0.6 is 0 Å². The molecule has 3 heteroatoms. The zero-order valence-electron chi connectivity index (χ0n) is 14.5. The lowest BCUT2D eigenvalue weighted by molar-refractivity contribution is -0.172. The maximum Gasteiger partial charge on any atom is 0.310 e. The average Bonchev–Trinajstić information content (AvgIpc) is 2.48. The number of aliphatic carboxylic acids is 1. The zero-order valence-corrected chi connectivity index (χ0v) is 14.5. The third-order valence-corrected chi connectivity index (χ3v) is 7.01. The molecule has 3 aliphatic carbocycles. The number of hydrogen-bond acceptors (Lipinski definition) is 2. The highest BCUT2D eigenvalue weighted by molar-refractivity contribution is 5.99. The summed E-state index contributed by atoms with van der Waals surface area (Å²) in [6, 6.07) is 0. The van der Waals surface area contributed by atoms with Gasteiger partial charge in [0.2, 0.25) is 0 Å². The second-order valence-electron chi connectivity index (χ2n) is 8.77. The van der Waals surface area contributed by atoms with Crippen molar-refractivity contribution in [2.24, 2.45) is 28.1 Å². The lowest BCUT2D eigenvalue weighted by atomic mass is 9.44. The summed E-state index contributed by atoms with van der Waals surface area (Å²) in [6.07, 6.45) is 8.61. The van der Waals surface area contributed by atoms with E-state index in [0.717, 1.165) is 31.3 Å². The molecule has 0 saturated heterocycles. The highest BCUT2D eigenvalue weighted by Crippen LogP contribution is 2.63. The SMILES string of the molecule is C=C[C@]1(C)C=C2C(=O)C[C@@H]3C(C)(C)CCC[C@@]3(C(=O)O)[C@H]2CC1. The summed E-state index contributed by atoms with van der Waals surface area (Å²) in [6.45, 7) is 10.3. The molecule has 0 heterocycles. The highest BCUT2D eigenvalue weighted by Gasteiger charge is 2.63. The van der Waals surface area contributed by atoms with Crippen LogP contribution in [-0.2, 0) is 9.59 Å². The molecule has 0 aromatic heterocycles. The number of carbonyl (C=O) groups excluding carboxylic acids is 1. The van der Waals surface area contributed by atoms with E-state index in [9.17, 15) is 14.7 Å². The second kappa shape index (κ2) is 5.06. The lowest BCUT2D eigenvalue weighted by Crippen LogP contribution is -2.58. The van der Waals surface area contributed by atoms with E-state index in [1.54, 1.807) is 0 Å². The molecule has 2 saturated carbocycles. The Balaban J connectivity index is 2.15. The number of allylic oxidation sites excluding steroid dienone is 3. The van der Waals surface area contributed by atoms with Crippen molar-refractivity contribution in [1.29, 1.82) is 0 Å². The van der Waals surface area contributed by atoms with Gasteiger partial charge in [0.25, 0.3) is 0 Å². The molecular weight excluding hydrogens is 288 g/mol. The summed E-state index contributed by atoms with van der Waals surface area (Å²) < 4.78 is 0. The highest BCUT2D eigenvalue weighted by atomic mass is 16.4. The Labute approximate surface area is 138 Å². The van der Waals surface area contributed by atoms with Crippen LogP contribution < -0.4 is 0 Å². The maximum atomic E-state index is 12.8. The van der Waals surface area contributed by atoms with Gasteiger partial charge in [0.05, 0.1) is 5.41 Å². The molecule has 0 bridgehead atoms. The fourth-order valence-corrected chi connectivity index (χ4v) is 5.58. The third kappa shape index (κ3) is 2.23. The zero-order chi connectivity index (χ0) is 17.0.